The molecule has 2 aromatic rings. The predicted octanol–water partition coefficient (Wildman–Crippen LogP) is 2.57. The van der Waals surface area contributed by atoms with Gasteiger partial charge in [-0.15, -0.1) is 0 Å². The molecule has 0 atom stereocenters. The van der Waals surface area contributed by atoms with Gasteiger partial charge in [0.05, 0.1) is 13.7 Å². The van der Waals surface area contributed by atoms with Crippen molar-refractivity contribution in [1.29, 1.82) is 0 Å². The zero-order chi connectivity index (χ0) is 12.1. The summed E-state index contributed by atoms with van der Waals surface area (Å²) in [5.41, 5.74) is 1.15. The number of nitrogens with zero attached hydrogens (tertiary/aromatic N) is 2. The van der Waals surface area contributed by atoms with Gasteiger partial charge in [-0.25, -0.2) is 9.13 Å². The average molecular weight is 231 g/mol. The molecular formula is C14H19N2O+. The Kier molecular flexibility index (Phi) is 3.81. The van der Waals surface area contributed by atoms with E-state index >= 15 is 0 Å². The van der Waals surface area contributed by atoms with E-state index in [2.05, 4.69) is 46.9 Å². The van der Waals surface area contributed by atoms with Crippen molar-refractivity contribution in [3.63, 3.8) is 0 Å². The van der Waals surface area contributed by atoms with E-state index in [-0.39, 0.29) is 0 Å². The summed E-state index contributed by atoms with van der Waals surface area (Å²) in [7, 11) is 1.68. The average Bonchev–Trinajstić information content (AvgIpc) is 2.85. The highest BCUT2D eigenvalue weighted by Crippen LogP contribution is 2.13. The third-order valence-electron chi connectivity index (χ3n) is 2.83. The van der Waals surface area contributed by atoms with Gasteiger partial charge in [0.15, 0.2) is 0 Å². The van der Waals surface area contributed by atoms with Crippen LogP contribution in [0.25, 0.3) is 5.69 Å². The molecule has 0 fully saturated rings. The molecule has 90 valence electrons. The van der Waals surface area contributed by atoms with Gasteiger partial charge < -0.3 is 4.74 Å². The molecule has 2 rings (SSSR count). The number of aryl methyl sites for hydroxylation is 1. The fourth-order valence-electron chi connectivity index (χ4n) is 1.77. The maximum Gasteiger partial charge on any atom is 0.248 e. The van der Waals surface area contributed by atoms with Crippen LogP contribution in [0.1, 0.15) is 19.8 Å². The van der Waals surface area contributed by atoms with Crippen LogP contribution in [0.3, 0.4) is 0 Å². The molecule has 3 heteroatoms. The standard InChI is InChI=1S/C14H19N2O/c1-3-4-9-15-10-11-16(12-15)13-5-7-14(17-2)8-6-13/h5-8,10-12H,3-4,9H2,1-2H3/q+1. The number of ether oxygens (including phenoxy) is 1. The van der Waals surface area contributed by atoms with Gasteiger partial charge in [0.25, 0.3) is 0 Å². The van der Waals surface area contributed by atoms with Crippen molar-refractivity contribution in [3.8, 4) is 11.4 Å². The lowest BCUT2D eigenvalue weighted by Gasteiger charge is -1.99. The van der Waals surface area contributed by atoms with Crippen molar-refractivity contribution in [2.24, 2.45) is 0 Å². The molecular weight excluding hydrogens is 212 g/mol. The highest BCUT2D eigenvalue weighted by molar-refractivity contribution is 5.36. The number of rotatable bonds is 5. The molecule has 0 aliphatic rings. The third kappa shape index (κ3) is 2.87. The molecule has 0 unspecified atom stereocenters. The first-order valence-electron chi connectivity index (χ1n) is 6.05. The third-order valence-corrected chi connectivity index (χ3v) is 2.83. The SMILES string of the molecule is CCCC[n+]1ccn(-c2ccc(OC)cc2)c1. The molecule has 0 radical (unpaired) electrons. The van der Waals surface area contributed by atoms with Crippen LogP contribution in [-0.2, 0) is 6.54 Å². The van der Waals surface area contributed by atoms with Crippen molar-refractivity contribution in [3.05, 3.63) is 43.0 Å². The van der Waals surface area contributed by atoms with Gasteiger partial charge >= 0.3 is 0 Å². The molecule has 0 aliphatic carbocycles. The Labute approximate surface area is 102 Å². The molecule has 1 heterocycles. The lowest BCUT2D eigenvalue weighted by Crippen LogP contribution is -2.30. The van der Waals surface area contributed by atoms with Crippen molar-refractivity contribution in [2.75, 3.05) is 7.11 Å². The summed E-state index contributed by atoms with van der Waals surface area (Å²) in [6.07, 6.45) is 8.76. The smallest absolute Gasteiger partial charge is 0.248 e. The van der Waals surface area contributed by atoms with E-state index in [0.29, 0.717) is 0 Å². The molecule has 0 bridgehead atoms. The van der Waals surface area contributed by atoms with Gasteiger partial charge in [-0.05, 0) is 30.7 Å². The second-order valence-electron chi connectivity index (χ2n) is 4.11. The van der Waals surface area contributed by atoms with Crippen LogP contribution < -0.4 is 9.30 Å². The zero-order valence-corrected chi connectivity index (χ0v) is 10.5. The van der Waals surface area contributed by atoms with Crippen molar-refractivity contribution >= 4 is 0 Å². The van der Waals surface area contributed by atoms with Gasteiger partial charge in [0.2, 0.25) is 6.33 Å². The molecule has 0 saturated heterocycles. The lowest BCUT2D eigenvalue weighted by molar-refractivity contribution is -0.696. The van der Waals surface area contributed by atoms with Gasteiger partial charge in [-0.1, -0.05) is 13.3 Å². The Hall–Kier alpha value is -1.77. The minimum Gasteiger partial charge on any atom is -0.497 e. The summed E-state index contributed by atoms with van der Waals surface area (Å²) >= 11 is 0. The van der Waals surface area contributed by atoms with E-state index in [1.165, 1.54) is 12.8 Å². The number of unbranched alkanes of at least 4 members (excludes halogenated alkanes) is 1. The first-order valence-corrected chi connectivity index (χ1v) is 6.05. The van der Waals surface area contributed by atoms with E-state index in [4.69, 9.17) is 4.74 Å². The van der Waals surface area contributed by atoms with Crippen LogP contribution >= 0.6 is 0 Å². The van der Waals surface area contributed by atoms with Crippen LogP contribution in [-0.4, -0.2) is 11.7 Å². The summed E-state index contributed by atoms with van der Waals surface area (Å²) in [5.74, 6) is 0.889. The Morgan fingerprint density at radius 3 is 2.65 bits per heavy atom. The van der Waals surface area contributed by atoms with Gasteiger partial charge in [0.1, 0.15) is 23.8 Å². The number of hydrogen-bond acceptors (Lipinski definition) is 1. The molecule has 0 N–H and O–H groups in total. The minimum atomic E-state index is 0.889. The number of methoxy groups -OCH3 is 1. The number of hydrogen-bond donors (Lipinski definition) is 0. The van der Waals surface area contributed by atoms with E-state index < -0.39 is 0 Å². The van der Waals surface area contributed by atoms with E-state index in [9.17, 15) is 0 Å². The molecule has 0 amide bonds. The Bertz CT molecular complexity index is 459. The maximum atomic E-state index is 5.15. The van der Waals surface area contributed by atoms with Crippen molar-refractivity contribution in [2.45, 2.75) is 26.3 Å². The highest BCUT2D eigenvalue weighted by atomic mass is 16.5. The summed E-state index contributed by atoms with van der Waals surface area (Å²) in [6, 6.07) is 8.07. The normalized spacial score (nSPS) is 10.5. The molecule has 0 spiro atoms. The van der Waals surface area contributed by atoms with Crippen LogP contribution in [0.4, 0.5) is 0 Å². The largest absolute Gasteiger partial charge is 0.497 e. The van der Waals surface area contributed by atoms with Crippen molar-refractivity contribution < 1.29 is 9.30 Å². The number of benzene rings is 1. The lowest BCUT2D eigenvalue weighted by atomic mass is 10.3. The molecule has 1 aromatic carbocycles. The Morgan fingerprint density at radius 1 is 1.24 bits per heavy atom. The maximum absolute atomic E-state index is 5.15. The monoisotopic (exact) mass is 231 g/mol. The molecule has 1 aromatic heterocycles. The molecule has 17 heavy (non-hydrogen) atoms. The van der Waals surface area contributed by atoms with Crippen LogP contribution in [0.15, 0.2) is 43.0 Å². The second kappa shape index (κ2) is 5.53. The van der Waals surface area contributed by atoms with Crippen LogP contribution in [0, 0.1) is 0 Å². The fourth-order valence-corrected chi connectivity index (χ4v) is 1.77. The summed E-state index contributed by atoms with van der Waals surface area (Å²) in [5, 5.41) is 0. The quantitative estimate of drug-likeness (QED) is 0.723. The first-order chi connectivity index (χ1) is 8.33. The number of imidazole rings is 1. The summed E-state index contributed by atoms with van der Waals surface area (Å²) < 4.78 is 9.49. The first kappa shape index (κ1) is 11.7. The fraction of sp³-hybridized carbons (Fsp3) is 0.357. The van der Waals surface area contributed by atoms with Gasteiger partial charge in [-0.2, -0.15) is 0 Å². The van der Waals surface area contributed by atoms with Crippen LogP contribution in [0.2, 0.25) is 0 Å². The van der Waals surface area contributed by atoms with E-state index in [1.54, 1.807) is 7.11 Å². The Balaban J connectivity index is 2.12. The van der Waals surface area contributed by atoms with Crippen molar-refractivity contribution in [1.82, 2.24) is 4.57 Å². The minimum absolute atomic E-state index is 0.889. The molecule has 0 aliphatic heterocycles. The van der Waals surface area contributed by atoms with E-state index in [1.807, 2.05) is 12.1 Å². The highest BCUT2D eigenvalue weighted by Gasteiger charge is 2.05. The van der Waals surface area contributed by atoms with E-state index in [0.717, 1.165) is 18.0 Å². The molecule has 0 saturated carbocycles. The van der Waals surface area contributed by atoms with Gasteiger partial charge in [0, 0.05) is 0 Å². The van der Waals surface area contributed by atoms with Gasteiger partial charge in [-0.3, -0.25) is 0 Å². The topological polar surface area (TPSA) is 18.0 Å². The predicted molar refractivity (Wildman–Crippen MR) is 67.4 cm³/mol. The summed E-state index contributed by atoms with van der Waals surface area (Å²) in [4.78, 5) is 0. The summed E-state index contributed by atoms with van der Waals surface area (Å²) in [6.45, 7) is 3.29. The second-order valence-corrected chi connectivity index (χ2v) is 4.11. The number of aromatic nitrogens is 2. The zero-order valence-electron chi connectivity index (χ0n) is 10.5. The molecule has 3 nitrogen and oxygen atoms in total. The van der Waals surface area contributed by atoms with Crippen LogP contribution in [0.5, 0.6) is 5.75 Å². The Morgan fingerprint density at radius 2 is 2.00 bits per heavy atom.